The van der Waals surface area contributed by atoms with Gasteiger partial charge in [-0.3, -0.25) is 4.79 Å². The minimum Gasteiger partial charge on any atom is -0.322 e. The van der Waals surface area contributed by atoms with Gasteiger partial charge in [-0.2, -0.15) is 13.2 Å². The third-order valence-corrected chi connectivity index (χ3v) is 3.20. The van der Waals surface area contributed by atoms with Crippen LogP contribution < -0.4 is 5.32 Å². The summed E-state index contributed by atoms with van der Waals surface area (Å²) in [4.78, 5) is 20.0. The van der Waals surface area contributed by atoms with Crippen LogP contribution in [0.4, 0.5) is 18.9 Å². The molecule has 1 heterocycles. The zero-order chi connectivity index (χ0) is 16.5. The van der Waals surface area contributed by atoms with E-state index in [-0.39, 0.29) is 11.3 Å². The van der Waals surface area contributed by atoms with Gasteiger partial charge >= 0.3 is 6.18 Å². The Hall–Kier alpha value is -2.15. The zero-order valence-corrected chi connectivity index (χ0v) is 12.4. The smallest absolute Gasteiger partial charge is 0.322 e. The predicted octanol–water partition coefficient (Wildman–Crippen LogP) is 4.02. The minimum absolute atomic E-state index is 0.0123. The third-order valence-electron chi connectivity index (χ3n) is 2.87. The molecule has 2 rings (SSSR count). The highest BCUT2D eigenvalue weighted by atomic mass is 35.5. The van der Waals surface area contributed by atoms with Crippen molar-refractivity contribution in [1.82, 2.24) is 9.97 Å². The van der Waals surface area contributed by atoms with Gasteiger partial charge in [-0.1, -0.05) is 11.6 Å². The fraction of sp³-hybridized carbons (Fsp3) is 0.214. The Bertz CT molecular complexity index is 732. The van der Waals surface area contributed by atoms with Gasteiger partial charge < -0.3 is 5.32 Å². The van der Waals surface area contributed by atoms with Gasteiger partial charge in [0.05, 0.1) is 21.8 Å². The molecular formula is C14H11ClF3N3O. The van der Waals surface area contributed by atoms with Gasteiger partial charge in [0.1, 0.15) is 5.82 Å². The van der Waals surface area contributed by atoms with Gasteiger partial charge in [0, 0.05) is 11.9 Å². The number of halogens is 4. The SMILES string of the molecule is Cc1ncc(C(=O)Nc2ccc(Cl)c(C(F)(F)F)c2)c(C)n1. The summed E-state index contributed by atoms with van der Waals surface area (Å²) in [6.45, 7) is 3.29. The maximum Gasteiger partial charge on any atom is 0.417 e. The van der Waals surface area contributed by atoms with Crippen molar-refractivity contribution in [2.45, 2.75) is 20.0 Å². The van der Waals surface area contributed by atoms with Crippen LogP contribution in [0.25, 0.3) is 0 Å². The number of amides is 1. The Morgan fingerprint density at radius 1 is 1.27 bits per heavy atom. The number of aromatic nitrogens is 2. The molecule has 4 nitrogen and oxygen atoms in total. The highest BCUT2D eigenvalue weighted by Crippen LogP contribution is 2.36. The van der Waals surface area contributed by atoms with Crippen molar-refractivity contribution in [3.8, 4) is 0 Å². The Labute approximate surface area is 129 Å². The Balaban J connectivity index is 2.29. The maximum absolute atomic E-state index is 12.8. The fourth-order valence-electron chi connectivity index (χ4n) is 1.82. The molecule has 0 atom stereocenters. The van der Waals surface area contributed by atoms with Crippen LogP contribution in [-0.2, 0) is 6.18 Å². The number of alkyl halides is 3. The van der Waals surface area contributed by atoms with Crippen molar-refractivity contribution in [3.05, 3.63) is 52.1 Å². The molecular weight excluding hydrogens is 319 g/mol. The van der Waals surface area contributed by atoms with Crippen LogP contribution in [0.2, 0.25) is 5.02 Å². The van der Waals surface area contributed by atoms with Crippen molar-refractivity contribution in [1.29, 1.82) is 0 Å². The molecule has 2 aromatic rings. The molecule has 0 aliphatic rings. The highest BCUT2D eigenvalue weighted by Gasteiger charge is 2.33. The Morgan fingerprint density at radius 2 is 1.95 bits per heavy atom. The number of hydrogen-bond donors (Lipinski definition) is 1. The first-order valence-electron chi connectivity index (χ1n) is 6.17. The van der Waals surface area contributed by atoms with Gasteiger partial charge in [0.25, 0.3) is 5.91 Å². The van der Waals surface area contributed by atoms with E-state index < -0.39 is 22.7 Å². The molecule has 0 aliphatic heterocycles. The van der Waals surface area contributed by atoms with Gasteiger partial charge in [-0.25, -0.2) is 9.97 Å². The second-order valence-electron chi connectivity index (χ2n) is 4.56. The van der Waals surface area contributed by atoms with Crippen LogP contribution in [-0.4, -0.2) is 15.9 Å². The third kappa shape index (κ3) is 3.54. The minimum atomic E-state index is -4.60. The maximum atomic E-state index is 12.8. The van der Waals surface area contributed by atoms with Crippen LogP contribution in [0.15, 0.2) is 24.4 Å². The van der Waals surface area contributed by atoms with E-state index in [1.807, 2.05) is 0 Å². The van der Waals surface area contributed by atoms with E-state index in [0.717, 1.165) is 12.1 Å². The molecule has 1 amide bonds. The largest absolute Gasteiger partial charge is 0.417 e. The Kier molecular flexibility index (Phi) is 4.37. The molecule has 0 unspecified atom stereocenters. The van der Waals surface area contributed by atoms with E-state index in [1.165, 1.54) is 12.3 Å². The van der Waals surface area contributed by atoms with Gasteiger partial charge in [-0.05, 0) is 32.0 Å². The van der Waals surface area contributed by atoms with E-state index in [1.54, 1.807) is 13.8 Å². The molecule has 0 bridgehead atoms. The highest BCUT2D eigenvalue weighted by molar-refractivity contribution is 6.31. The summed E-state index contributed by atoms with van der Waals surface area (Å²) in [6, 6.07) is 3.16. The predicted molar refractivity (Wildman–Crippen MR) is 75.9 cm³/mol. The van der Waals surface area contributed by atoms with E-state index >= 15 is 0 Å². The average Bonchev–Trinajstić information content (AvgIpc) is 2.39. The summed E-state index contributed by atoms with van der Waals surface area (Å²) in [5.74, 6) is -0.0900. The van der Waals surface area contributed by atoms with Crippen LogP contribution >= 0.6 is 11.6 Å². The quantitative estimate of drug-likeness (QED) is 0.905. The molecule has 0 saturated heterocycles. The second-order valence-corrected chi connectivity index (χ2v) is 4.97. The number of benzene rings is 1. The lowest BCUT2D eigenvalue weighted by atomic mass is 10.1. The molecule has 8 heteroatoms. The fourth-order valence-corrected chi connectivity index (χ4v) is 2.05. The summed E-state index contributed by atoms with van der Waals surface area (Å²) in [5, 5.41) is 1.95. The molecule has 0 aliphatic carbocycles. The summed E-state index contributed by atoms with van der Waals surface area (Å²) >= 11 is 5.52. The van der Waals surface area contributed by atoms with E-state index in [2.05, 4.69) is 15.3 Å². The van der Waals surface area contributed by atoms with Crippen LogP contribution in [0.3, 0.4) is 0 Å². The monoisotopic (exact) mass is 329 g/mol. The topological polar surface area (TPSA) is 54.9 Å². The summed E-state index contributed by atoms with van der Waals surface area (Å²) in [7, 11) is 0. The first-order chi connectivity index (χ1) is 10.2. The lowest BCUT2D eigenvalue weighted by Crippen LogP contribution is -2.16. The normalized spacial score (nSPS) is 11.4. The van der Waals surface area contributed by atoms with Crippen molar-refractivity contribution in [2.24, 2.45) is 0 Å². The van der Waals surface area contributed by atoms with E-state index in [9.17, 15) is 18.0 Å². The average molecular weight is 330 g/mol. The lowest BCUT2D eigenvalue weighted by Gasteiger charge is -2.12. The van der Waals surface area contributed by atoms with Crippen molar-refractivity contribution >= 4 is 23.2 Å². The molecule has 116 valence electrons. The van der Waals surface area contributed by atoms with Crippen LogP contribution in [0.5, 0.6) is 0 Å². The standard InChI is InChI=1S/C14H11ClF3N3O/c1-7-10(6-19-8(2)20-7)13(22)21-9-3-4-12(15)11(5-9)14(16,17)18/h3-6H,1-2H3,(H,21,22). The number of hydrogen-bond acceptors (Lipinski definition) is 3. The molecule has 22 heavy (non-hydrogen) atoms. The van der Waals surface area contributed by atoms with Gasteiger partial charge in [0.2, 0.25) is 0 Å². The summed E-state index contributed by atoms with van der Waals surface area (Å²) in [5.41, 5.74) is -0.394. The summed E-state index contributed by atoms with van der Waals surface area (Å²) < 4.78 is 38.3. The Morgan fingerprint density at radius 3 is 2.55 bits per heavy atom. The van der Waals surface area contributed by atoms with Crippen molar-refractivity contribution in [2.75, 3.05) is 5.32 Å². The molecule has 1 aromatic heterocycles. The number of carbonyl (C=O) groups excluding carboxylic acids is 1. The first-order valence-corrected chi connectivity index (χ1v) is 6.54. The zero-order valence-electron chi connectivity index (χ0n) is 11.6. The molecule has 1 aromatic carbocycles. The van der Waals surface area contributed by atoms with E-state index in [4.69, 9.17) is 11.6 Å². The number of nitrogens with zero attached hydrogens (tertiary/aromatic N) is 2. The van der Waals surface area contributed by atoms with Crippen molar-refractivity contribution < 1.29 is 18.0 Å². The van der Waals surface area contributed by atoms with Crippen LogP contribution in [0, 0.1) is 13.8 Å². The number of aryl methyl sites for hydroxylation is 2. The number of carbonyl (C=O) groups is 1. The molecule has 0 fully saturated rings. The van der Waals surface area contributed by atoms with Gasteiger partial charge in [-0.15, -0.1) is 0 Å². The molecule has 0 radical (unpaired) electrons. The second kappa shape index (κ2) is 5.92. The lowest BCUT2D eigenvalue weighted by molar-refractivity contribution is -0.137. The van der Waals surface area contributed by atoms with E-state index in [0.29, 0.717) is 11.5 Å². The number of anilines is 1. The number of nitrogens with one attached hydrogen (secondary N) is 1. The van der Waals surface area contributed by atoms with Crippen molar-refractivity contribution in [3.63, 3.8) is 0 Å². The number of rotatable bonds is 2. The van der Waals surface area contributed by atoms with Crippen LogP contribution in [0.1, 0.15) is 27.4 Å². The molecule has 1 N–H and O–H groups in total. The van der Waals surface area contributed by atoms with Gasteiger partial charge in [0.15, 0.2) is 0 Å². The summed E-state index contributed by atoms with van der Waals surface area (Å²) in [6.07, 6.45) is -3.27. The first kappa shape index (κ1) is 16.2. The molecule has 0 saturated carbocycles. The molecule has 0 spiro atoms.